The Morgan fingerprint density at radius 3 is 1.69 bits per heavy atom. The first-order valence-electron chi connectivity index (χ1n) is 5.15. The molecule has 98 valence electrons. The summed E-state index contributed by atoms with van der Waals surface area (Å²) >= 11 is 0. The van der Waals surface area contributed by atoms with Gasteiger partial charge in [0.1, 0.15) is 6.10 Å². The summed E-state index contributed by atoms with van der Waals surface area (Å²) in [5.41, 5.74) is 0. The fourth-order valence-electron chi connectivity index (χ4n) is 0.855. The van der Waals surface area contributed by atoms with Gasteiger partial charge < -0.3 is 18.9 Å². The molecule has 0 aliphatic rings. The third-order valence-electron chi connectivity index (χ3n) is 1.57. The summed E-state index contributed by atoms with van der Waals surface area (Å²) in [6.45, 7) is 6.26. The maximum absolute atomic E-state index is 10.3. The van der Waals surface area contributed by atoms with Gasteiger partial charge in [0.05, 0.1) is 19.3 Å². The maximum Gasteiger partial charge on any atom is 0.302 e. The van der Waals surface area contributed by atoms with Crippen LogP contribution in [0.4, 0.5) is 0 Å². The van der Waals surface area contributed by atoms with Crippen molar-refractivity contribution in [2.24, 2.45) is 0 Å². The van der Waals surface area contributed by atoms with Crippen molar-refractivity contribution in [2.45, 2.75) is 33.0 Å². The van der Waals surface area contributed by atoms with Crippen LogP contribution in [-0.2, 0) is 23.7 Å². The SMILES string of the molecule is COCC(C)OC.COCC(C)OC(C)=O. The second kappa shape index (κ2) is 12.4. The highest BCUT2D eigenvalue weighted by Crippen LogP contribution is 1.90. The Hall–Kier alpha value is -0.650. The van der Waals surface area contributed by atoms with E-state index < -0.39 is 0 Å². The Morgan fingerprint density at radius 2 is 1.44 bits per heavy atom. The van der Waals surface area contributed by atoms with Gasteiger partial charge in [-0.25, -0.2) is 0 Å². The van der Waals surface area contributed by atoms with Gasteiger partial charge in [0.15, 0.2) is 0 Å². The predicted octanol–water partition coefficient (Wildman–Crippen LogP) is 1.25. The molecule has 0 heterocycles. The van der Waals surface area contributed by atoms with Crippen LogP contribution in [0, 0.1) is 0 Å². The summed E-state index contributed by atoms with van der Waals surface area (Å²) in [6.07, 6.45) is 0.0949. The van der Waals surface area contributed by atoms with Gasteiger partial charge in [0.2, 0.25) is 0 Å². The zero-order valence-electron chi connectivity index (χ0n) is 11.1. The molecule has 16 heavy (non-hydrogen) atoms. The molecule has 0 fully saturated rings. The van der Waals surface area contributed by atoms with Crippen molar-refractivity contribution < 1.29 is 23.7 Å². The van der Waals surface area contributed by atoms with Crippen LogP contribution in [-0.4, -0.2) is 52.7 Å². The number of carbonyl (C=O) groups is 1. The molecule has 0 amide bonds. The summed E-state index contributed by atoms with van der Waals surface area (Å²) in [5.74, 6) is -0.264. The Labute approximate surface area is 98.0 Å². The molecule has 0 N–H and O–H groups in total. The fourth-order valence-corrected chi connectivity index (χ4v) is 0.855. The van der Waals surface area contributed by atoms with E-state index in [1.165, 1.54) is 6.92 Å². The lowest BCUT2D eigenvalue weighted by molar-refractivity contribution is -0.147. The molecular formula is C11H24O5. The van der Waals surface area contributed by atoms with Crippen molar-refractivity contribution in [1.82, 2.24) is 0 Å². The molecule has 0 saturated carbocycles. The quantitative estimate of drug-likeness (QED) is 0.650. The van der Waals surface area contributed by atoms with Gasteiger partial charge in [-0.2, -0.15) is 0 Å². The molecule has 2 unspecified atom stereocenters. The van der Waals surface area contributed by atoms with E-state index in [0.717, 1.165) is 0 Å². The van der Waals surface area contributed by atoms with Crippen LogP contribution in [0.3, 0.4) is 0 Å². The minimum Gasteiger partial charge on any atom is -0.460 e. The number of rotatable bonds is 6. The van der Waals surface area contributed by atoms with Crippen LogP contribution in [0.2, 0.25) is 0 Å². The zero-order valence-corrected chi connectivity index (χ0v) is 11.1. The maximum atomic E-state index is 10.3. The Kier molecular flexibility index (Phi) is 13.8. The normalized spacial score (nSPS) is 13.4. The molecule has 0 saturated heterocycles. The van der Waals surface area contributed by atoms with Gasteiger partial charge in [0.25, 0.3) is 0 Å². The minimum absolute atomic E-state index is 0.132. The first kappa shape index (κ1) is 17.7. The molecule has 0 rings (SSSR count). The smallest absolute Gasteiger partial charge is 0.302 e. The molecule has 0 aromatic carbocycles. The van der Waals surface area contributed by atoms with Crippen LogP contribution in [0.25, 0.3) is 0 Å². The second-order valence-corrected chi connectivity index (χ2v) is 3.38. The topological polar surface area (TPSA) is 54.0 Å². The highest BCUT2D eigenvalue weighted by atomic mass is 16.6. The third kappa shape index (κ3) is 15.8. The molecule has 0 spiro atoms. The van der Waals surface area contributed by atoms with Crippen molar-refractivity contribution in [2.75, 3.05) is 34.5 Å². The molecule has 2 atom stereocenters. The zero-order chi connectivity index (χ0) is 13.0. The highest BCUT2D eigenvalue weighted by molar-refractivity contribution is 5.66. The van der Waals surface area contributed by atoms with E-state index in [4.69, 9.17) is 18.9 Å². The van der Waals surface area contributed by atoms with Crippen molar-refractivity contribution in [1.29, 1.82) is 0 Å². The van der Waals surface area contributed by atoms with Crippen LogP contribution < -0.4 is 0 Å². The lowest BCUT2D eigenvalue weighted by Crippen LogP contribution is -2.17. The van der Waals surface area contributed by atoms with Crippen LogP contribution in [0.5, 0.6) is 0 Å². The first-order chi connectivity index (χ1) is 7.47. The van der Waals surface area contributed by atoms with Crippen LogP contribution in [0.15, 0.2) is 0 Å². The highest BCUT2D eigenvalue weighted by Gasteiger charge is 2.02. The van der Waals surface area contributed by atoms with E-state index in [1.807, 2.05) is 6.92 Å². The first-order valence-corrected chi connectivity index (χ1v) is 5.15. The molecule has 0 bridgehead atoms. The largest absolute Gasteiger partial charge is 0.460 e. The average molecular weight is 236 g/mol. The molecule has 5 heteroatoms. The van der Waals surface area contributed by atoms with Crippen LogP contribution >= 0.6 is 0 Å². The van der Waals surface area contributed by atoms with Crippen molar-refractivity contribution in [3.05, 3.63) is 0 Å². The van der Waals surface area contributed by atoms with Crippen molar-refractivity contribution in [3.8, 4) is 0 Å². The van der Waals surface area contributed by atoms with E-state index in [0.29, 0.717) is 13.2 Å². The Morgan fingerprint density at radius 1 is 1.00 bits per heavy atom. The van der Waals surface area contributed by atoms with E-state index >= 15 is 0 Å². The molecular weight excluding hydrogens is 212 g/mol. The molecule has 0 aromatic rings. The van der Waals surface area contributed by atoms with E-state index in [-0.39, 0.29) is 18.2 Å². The van der Waals surface area contributed by atoms with E-state index in [2.05, 4.69) is 0 Å². The Balaban J connectivity index is 0. The monoisotopic (exact) mass is 236 g/mol. The summed E-state index contributed by atoms with van der Waals surface area (Å²) < 4.78 is 19.1. The standard InChI is InChI=1S/C6H12O3.C5H12O2/c1-5(4-8-3)9-6(2)7;1-5(7-3)4-6-2/h5H,4H2,1-3H3;5H,4H2,1-3H3. The summed E-state index contributed by atoms with van der Waals surface area (Å²) in [4.78, 5) is 10.3. The third-order valence-corrected chi connectivity index (χ3v) is 1.57. The van der Waals surface area contributed by atoms with Gasteiger partial charge in [-0.15, -0.1) is 0 Å². The summed E-state index contributed by atoms with van der Waals surface area (Å²) in [6, 6.07) is 0. The lowest BCUT2D eigenvalue weighted by Gasteiger charge is -2.08. The van der Waals surface area contributed by atoms with Crippen LogP contribution in [0.1, 0.15) is 20.8 Å². The number of methoxy groups -OCH3 is 3. The molecule has 0 aliphatic carbocycles. The summed E-state index contributed by atoms with van der Waals surface area (Å²) in [5, 5.41) is 0. The second-order valence-electron chi connectivity index (χ2n) is 3.38. The minimum atomic E-state index is -0.264. The fraction of sp³-hybridized carbons (Fsp3) is 0.909. The molecule has 5 nitrogen and oxygen atoms in total. The van der Waals surface area contributed by atoms with Gasteiger partial charge in [-0.05, 0) is 13.8 Å². The number of carbonyl (C=O) groups excluding carboxylic acids is 1. The van der Waals surface area contributed by atoms with E-state index in [9.17, 15) is 4.79 Å². The number of esters is 1. The van der Waals surface area contributed by atoms with Gasteiger partial charge in [-0.1, -0.05) is 0 Å². The van der Waals surface area contributed by atoms with Gasteiger partial charge in [0, 0.05) is 28.3 Å². The molecule has 0 aliphatic heterocycles. The number of hydrogen-bond acceptors (Lipinski definition) is 5. The molecule has 0 radical (unpaired) electrons. The molecule has 0 aromatic heterocycles. The lowest BCUT2D eigenvalue weighted by atomic mass is 10.4. The average Bonchev–Trinajstić information content (AvgIpc) is 2.18. The number of hydrogen-bond donors (Lipinski definition) is 0. The van der Waals surface area contributed by atoms with Crippen molar-refractivity contribution >= 4 is 5.97 Å². The summed E-state index contributed by atoms with van der Waals surface area (Å²) in [7, 11) is 4.90. The van der Waals surface area contributed by atoms with Gasteiger partial charge in [-0.3, -0.25) is 4.79 Å². The van der Waals surface area contributed by atoms with E-state index in [1.54, 1.807) is 28.3 Å². The Bertz CT molecular complexity index is 160. The van der Waals surface area contributed by atoms with Crippen molar-refractivity contribution in [3.63, 3.8) is 0 Å². The number of ether oxygens (including phenoxy) is 4. The predicted molar refractivity (Wildman–Crippen MR) is 61.5 cm³/mol. The van der Waals surface area contributed by atoms with Gasteiger partial charge >= 0.3 is 5.97 Å².